The van der Waals surface area contributed by atoms with Crippen molar-refractivity contribution in [3.63, 3.8) is 0 Å². The lowest BCUT2D eigenvalue weighted by atomic mass is 10.2. The van der Waals surface area contributed by atoms with Gasteiger partial charge in [0.05, 0.1) is 11.3 Å². The number of ether oxygens (including phenoxy) is 1. The molecule has 1 heterocycles. The predicted molar refractivity (Wildman–Crippen MR) is 87.7 cm³/mol. The number of halogens is 3. The average molecular weight is 369 g/mol. The van der Waals surface area contributed by atoms with E-state index < -0.39 is 29.3 Å². The normalized spacial score (nSPS) is 11.6. The molecular formula is C16H14F3N3O4. The fraction of sp³-hybridized carbons (Fsp3) is 0.188. The Labute approximate surface area is 144 Å². The third-order valence-electron chi connectivity index (χ3n) is 3.26. The minimum atomic E-state index is -4.91. The van der Waals surface area contributed by atoms with Gasteiger partial charge in [0, 0.05) is 26.4 Å². The van der Waals surface area contributed by atoms with Crippen LogP contribution < -0.4 is 21.3 Å². The van der Waals surface area contributed by atoms with Gasteiger partial charge in [0.15, 0.2) is 5.75 Å². The van der Waals surface area contributed by atoms with Crippen LogP contribution in [0.1, 0.15) is 5.56 Å². The fourth-order valence-corrected chi connectivity index (χ4v) is 2.07. The zero-order chi connectivity index (χ0) is 19.5. The number of carbonyl (C=O) groups excluding carboxylic acids is 1. The van der Waals surface area contributed by atoms with Crippen molar-refractivity contribution in [2.45, 2.75) is 6.36 Å². The van der Waals surface area contributed by atoms with E-state index in [4.69, 9.17) is 0 Å². The molecular weight excluding hydrogens is 355 g/mol. The second-order valence-corrected chi connectivity index (χ2v) is 5.21. The number of anilines is 1. The van der Waals surface area contributed by atoms with Gasteiger partial charge in [-0.2, -0.15) is 0 Å². The summed E-state index contributed by atoms with van der Waals surface area (Å²) in [7, 11) is 2.72. The highest BCUT2D eigenvalue weighted by Crippen LogP contribution is 2.29. The highest BCUT2D eigenvalue weighted by molar-refractivity contribution is 6.02. The van der Waals surface area contributed by atoms with Crippen LogP contribution in [0, 0.1) is 0 Å². The number of carbonyl (C=O) groups is 1. The molecule has 0 saturated carbocycles. The van der Waals surface area contributed by atoms with Gasteiger partial charge in [-0.1, -0.05) is 12.1 Å². The van der Waals surface area contributed by atoms with Gasteiger partial charge in [-0.15, -0.1) is 13.2 Å². The summed E-state index contributed by atoms with van der Waals surface area (Å²) in [6, 6.07) is 5.03. The van der Waals surface area contributed by atoms with Gasteiger partial charge in [-0.05, 0) is 18.2 Å². The van der Waals surface area contributed by atoms with Crippen molar-refractivity contribution in [2.24, 2.45) is 14.1 Å². The first kappa shape index (κ1) is 19.0. The summed E-state index contributed by atoms with van der Waals surface area (Å²) in [4.78, 5) is 35.5. The molecule has 0 fully saturated rings. The van der Waals surface area contributed by atoms with Crippen LogP contribution in [0.5, 0.6) is 5.75 Å². The van der Waals surface area contributed by atoms with Crippen LogP contribution in [-0.4, -0.2) is 21.4 Å². The molecule has 10 heteroatoms. The number of aromatic nitrogens is 2. The largest absolute Gasteiger partial charge is 0.573 e. The second-order valence-electron chi connectivity index (χ2n) is 5.21. The van der Waals surface area contributed by atoms with Crippen LogP contribution in [-0.2, 0) is 18.9 Å². The highest BCUT2D eigenvalue weighted by atomic mass is 19.4. The standard InChI is InChI=1S/C16H14F3N3O4/c1-21-9-10(14(24)22(2)15(21)25)7-8-13(23)20-11-5-3-4-6-12(11)26-16(17,18)19/h3-9H,1-2H3,(H,20,23)/b8-7+. The molecule has 0 radical (unpaired) electrons. The van der Waals surface area contributed by atoms with Crippen molar-refractivity contribution in [1.29, 1.82) is 0 Å². The first-order chi connectivity index (χ1) is 12.1. The lowest BCUT2D eigenvalue weighted by molar-refractivity contribution is -0.274. The van der Waals surface area contributed by atoms with Crippen molar-refractivity contribution in [2.75, 3.05) is 5.32 Å². The second kappa shape index (κ2) is 7.30. The van der Waals surface area contributed by atoms with Gasteiger partial charge in [-0.25, -0.2) is 4.79 Å². The van der Waals surface area contributed by atoms with Crippen LogP contribution in [0.3, 0.4) is 0 Å². The Balaban J connectivity index is 2.22. The van der Waals surface area contributed by atoms with E-state index in [9.17, 15) is 27.6 Å². The molecule has 0 aliphatic rings. The van der Waals surface area contributed by atoms with E-state index in [1.807, 2.05) is 0 Å². The minimum absolute atomic E-state index is 0.0598. The predicted octanol–water partition coefficient (Wildman–Crippen LogP) is 1.63. The lowest BCUT2D eigenvalue weighted by Gasteiger charge is -2.13. The molecule has 26 heavy (non-hydrogen) atoms. The topological polar surface area (TPSA) is 82.3 Å². The molecule has 0 spiro atoms. The van der Waals surface area contributed by atoms with Crippen molar-refractivity contribution in [1.82, 2.24) is 9.13 Å². The number of aryl methyl sites for hydroxylation is 1. The van der Waals surface area contributed by atoms with Crippen LogP contribution in [0.15, 0.2) is 46.1 Å². The molecule has 2 rings (SSSR count). The molecule has 1 aromatic carbocycles. The Kier molecular flexibility index (Phi) is 5.34. The molecule has 2 aromatic rings. The molecule has 0 bridgehead atoms. The lowest BCUT2D eigenvalue weighted by Crippen LogP contribution is -2.37. The van der Waals surface area contributed by atoms with Crippen molar-refractivity contribution >= 4 is 17.7 Å². The molecule has 0 unspecified atom stereocenters. The van der Waals surface area contributed by atoms with Gasteiger partial charge in [0.1, 0.15) is 0 Å². The zero-order valence-electron chi connectivity index (χ0n) is 13.7. The molecule has 1 amide bonds. The Morgan fingerprint density at radius 1 is 1.19 bits per heavy atom. The zero-order valence-corrected chi connectivity index (χ0v) is 13.7. The number of hydrogen-bond donors (Lipinski definition) is 1. The molecule has 0 atom stereocenters. The molecule has 0 saturated heterocycles. The van der Waals surface area contributed by atoms with Gasteiger partial charge in [0.2, 0.25) is 5.91 Å². The number of para-hydroxylation sites is 2. The maximum absolute atomic E-state index is 12.4. The van der Waals surface area contributed by atoms with E-state index >= 15 is 0 Å². The Morgan fingerprint density at radius 3 is 2.50 bits per heavy atom. The Morgan fingerprint density at radius 2 is 1.85 bits per heavy atom. The van der Waals surface area contributed by atoms with E-state index in [0.29, 0.717) is 0 Å². The molecule has 0 aliphatic carbocycles. The number of nitrogens with zero attached hydrogens (tertiary/aromatic N) is 2. The van der Waals surface area contributed by atoms with E-state index in [1.54, 1.807) is 0 Å². The summed E-state index contributed by atoms with van der Waals surface area (Å²) in [5.41, 5.74) is -1.27. The van der Waals surface area contributed by atoms with Crippen molar-refractivity contribution < 1.29 is 22.7 Å². The summed E-state index contributed by atoms with van der Waals surface area (Å²) >= 11 is 0. The maximum Gasteiger partial charge on any atom is 0.573 e. The third kappa shape index (κ3) is 4.62. The molecule has 1 aromatic heterocycles. The monoisotopic (exact) mass is 369 g/mol. The first-order valence-corrected chi connectivity index (χ1v) is 7.19. The smallest absolute Gasteiger partial charge is 0.404 e. The summed E-state index contributed by atoms with van der Waals surface area (Å²) < 4.78 is 43.0. The Hall–Kier alpha value is -3.30. The number of amides is 1. The molecule has 0 aliphatic heterocycles. The van der Waals surface area contributed by atoms with Crippen LogP contribution in [0.25, 0.3) is 6.08 Å². The summed E-state index contributed by atoms with van der Waals surface area (Å²) in [5, 5.41) is 2.24. The van der Waals surface area contributed by atoms with Gasteiger partial charge < -0.3 is 14.6 Å². The van der Waals surface area contributed by atoms with E-state index in [-0.39, 0.29) is 11.3 Å². The van der Waals surface area contributed by atoms with Gasteiger partial charge in [-0.3, -0.25) is 14.2 Å². The number of hydrogen-bond acceptors (Lipinski definition) is 4. The number of benzene rings is 1. The molecule has 138 valence electrons. The summed E-state index contributed by atoms with van der Waals surface area (Å²) in [6.45, 7) is 0. The van der Waals surface area contributed by atoms with Crippen LogP contribution >= 0.6 is 0 Å². The third-order valence-corrected chi connectivity index (χ3v) is 3.26. The van der Waals surface area contributed by atoms with E-state index in [1.165, 1.54) is 38.5 Å². The first-order valence-electron chi connectivity index (χ1n) is 7.19. The molecule has 7 nitrogen and oxygen atoms in total. The quantitative estimate of drug-likeness (QED) is 0.831. The average Bonchev–Trinajstić information content (AvgIpc) is 2.55. The van der Waals surface area contributed by atoms with Crippen molar-refractivity contribution in [3.05, 3.63) is 62.9 Å². The van der Waals surface area contributed by atoms with E-state index in [2.05, 4.69) is 10.1 Å². The maximum atomic E-state index is 12.4. The Bertz CT molecular complexity index is 974. The number of alkyl halides is 3. The van der Waals surface area contributed by atoms with Gasteiger partial charge in [0.25, 0.3) is 5.56 Å². The summed E-state index contributed by atoms with van der Waals surface area (Å²) in [6.07, 6.45) is -1.54. The van der Waals surface area contributed by atoms with Gasteiger partial charge >= 0.3 is 12.1 Å². The number of rotatable bonds is 4. The fourth-order valence-electron chi connectivity index (χ4n) is 2.07. The number of nitrogens with one attached hydrogen (secondary N) is 1. The summed E-state index contributed by atoms with van der Waals surface area (Å²) in [5.74, 6) is -1.35. The minimum Gasteiger partial charge on any atom is -0.404 e. The highest BCUT2D eigenvalue weighted by Gasteiger charge is 2.32. The van der Waals surface area contributed by atoms with Crippen molar-refractivity contribution in [3.8, 4) is 5.75 Å². The van der Waals surface area contributed by atoms with E-state index in [0.717, 1.165) is 27.4 Å². The van der Waals surface area contributed by atoms with Crippen LogP contribution in [0.4, 0.5) is 18.9 Å². The SMILES string of the molecule is Cn1cc(/C=C/C(=O)Nc2ccccc2OC(F)(F)F)c(=O)n(C)c1=O. The van der Waals surface area contributed by atoms with Crippen LogP contribution in [0.2, 0.25) is 0 Å². The molecule has 1 N–H and O–H groups in total.